The summed E-state index contributed by atoms with van der Waals surface area (Å²) in [7, 11) is 0. The Bertz CT molecular complexity index is 57.4. The highest BCUT2D eigenvalue weighted by atomic mass is 79.9. The van der Waals surface area contributed by atoms with Crippen molar-refractivity contribution in [3.63, 3.8) is 0 Å². The Morgan fingerprint density at radius 3 is 2.62 bits per heavy atom. The normalized spacial score (nSPS) is 10.8. The molecule has 0 saturated carbocycles. The second-order valence-corrected chi connectivity index (χ2v) is 2.42. The van der Waals surface area contributed by atoms with Gasteiger partial charge in [0, 0.05) is 5.33 Å². The Kier molecular flexibility index (Phi) is 7.42. The Morgan fingerprint density at radius 1 is 1.38 bits per heavy atom. The van der Waals surface area contributed by atoms with Crippen LogP contribution in [0.3, 0.4) is 0 Å². The highest BCUT2D eigenvalue weighted by molar-refractivity contribution is 9.09. The van der Waals surface area contributed by atoms with Gasteiger partial charge in [-0.2, -0.15) is 0 Å². The van der Waals surface area contributed by atoms with Crippen molar-refractivity contribution >= 4 is 15.9 Å². The van der Waals surface area contributed by atoms with Gasteiger partial charge in [-0.1, -0.05) is 47.8 Å². The summed E-state index contributed by atoms with van der Waals surface area (Å²) < 4.78 is 0. The minimum atomic E-state index is 0.997. The smallest absolute Gasteiger partial charge is 0.0212 e. The minimum Gasteiger partial charge on any atom is -0.0883 e. The summed E-state index contributed by atoms with van der Waals surface area (Å²) in [6, 6.07) is 0. The molecule has 0 nitrogen and oxygen atoms in total. The van der Waals surface area contributed by atoms with Crippen LogP contribution in [0.4, 0.5) is 0 Å². The van der Waals surface area contributed by atoms with Gasteiger partial charge in [0.05, 0.1) is 0 Å². The Labute approximate surface area is 60.1 Å². The van der Waals surface area contributed by atoms with Crippen LogP contribution in [0.15, 0.2) is 12.2 Å². The first-order chi connectivity index (χ1) is 3.91. The first-order valence-corrected chi connectivity index (χ1v) is 4.25. The Morgan fingerprint density at radius 2 is 2.12 bits per heavy atom. The zero-order chi connectivity index (χ0) is 6.24. The third kappa shape index (κ3) is 6.22. The van der Waals surface area contributed by atoms with Crippen molar-refractivity contribution in [1.29, 1.82) is 0 Å². The van der Waals surface area contributed by atoms with Crippen molar-refractivity contribution in [3.05, 3.63) is 12.2 Å². The van der Waals surface area contributed by atoms with E-state index >= 15 is 0 Å². The summed E-state index contributed by atoms with van der Waals surface area (Å²) in [5.41, 5.74) is 0. The summed E-state index contributed by atoms with van der Waals surface area (Å²) in [5, 5.41) is 0.997. The average Bonchev–Trinajstić information content (AvgIpc) is 1.81. The SMILES string of the molecule is CCCC/C=C\CBr. The van der Waals surface area contributed by atoms with E-state index in [1.165, 1.54) is 19.3 Å². The summed E-state index contributed by atoms with van der Waals surface area (Å²) in [5.74, 6) is 0. The third-order valence-electron chi connectivity index (χ3n) is 0.980. The fraction of sp³-hybridized carbons (Fsp3) is 0.714. The largest absolute Gasteiger partial charge is 0.0883 e. The van der Waals surface area contributed by atoms with Gasteiger partial charge in [0.15, 0.2) is 0 Å². The lowest BCUT2D eigenvalue weighted by Crippen LogP contribution is -1.66. The molecule has 0 rings (SSSR count). The van der Waals surface area contributed by atoms with E-state index in [9.17, 15) is 0 Å². The summed E-state index contributed by atoms with van der Waals surface area (Å²) in [6.45, 7) is 2.21. The molecule has 0 radical (unpaired) electrons. The van der Waals surface area contributed by atoms with Crippen LogP contribution >= 0.6 is 15.9 Å². The van der Waals surface area contributed by atoms with Gasteiger partial charge < -0.3 is 0 Å². The molecule has 0 saturated heterocycles. The van der Waals surface area contributed by atoms with Gasteiger partial charge in [0.1, 0.15) is 0 Å². The Balaban J connectivity index is 2.80. The maximum atomic E-state index is 3.31. The zero-order valence-corrected chi connectivity index (χ0v) is 6.95. The molecule has 0 bridgehead atoms. The summed E-state index contributed by atoms with van der Waals surface area (Å²) in [4.78, 5) is 0. The molecule has 0 amide bonds. The fourth-order valence-electron chi connectivity index (χ4n) is 0.503. The van der Waals surface area contributed by atoms with Crippen LogP contribution < -0.4 is 0 Å². The molecule has 0 heterocycles. The Hall–Kier alpha value is 0.220. The van der Waals surface area contributed by atoms with Crippen LogP contribution in [0.2, 0.25) is 0 Å². The lowest BCUT2D eigenvalue weighted by atomic mass is 10.2. The molecule has 0 aromatic carbocycles. The highest BCUT2D eigenvalue weighted by Gasteiger charge is 1.75. The van der Waals surface area contributed by atoms with E-state index in [1.54, 1.807) is 0 Å². The first-order valence-electron chi connectivity index (χ1n) is 3.12. The van der Waals surface area contributed by atoms with Crippen LogP contribution in [0.1, 0.15) is 26.2 Å². The van der Waals surface area contributed by atoms with Crippen LogP contribution in [0, 0.1) is 0 Å². The van der Waals surface area contributed by atoms with Gasteiger partial charge in [0.25, 0.3) is 0 Å². The van der Waals surface area contributed by atoms with Crippen molar-refractivity contribution < 1.29 is 0 Å². The van der Waals surface area contributed by atoms with E-state index in [-0.39, 0.29) is 0 Å². The van der Waals surface area contributed by atoms with E-state index in [4.69, 9.17) is 0 Å². The molecule has 8 heavy (non-hydrogen) atoms. The van der Waals surface area contributed by atoms with Crippen LogP contribution in [-0.2, 0) is 0 Å². The van der Waals surface area contributed by atoms with Gasteiger partial charge in [-0.05, 0) is 6.42 Å². The van der Waals surface area contributed by atoms with Gasteiger partial charge in [0.2, 0.25) is 0 Å². The molecule has 0 aromatic rings. The van der Waals surface area contributed by atoms with Gasteiger partial charge >= 0.3 is 0 Å². The second-order valence-electron chi connectivity index (χ2n) is 1.77. The lowest BCUT2D eigenvalue weighted by Gasteiger charge is -1.85. The van der Waals surface area contributed by atoms with Crippen LogP contribution in [-0.4, -0.2) is 5.33 Å². The van der Waals surface area contributed by atoms with Gasteiger partial charge in [-0.25, -0.2) is 0 Å². The third-order valence-corrected chi connectivity index (χ3v) is 1.35. The summed E-state index contributed by atoms with van der Waals surface area (Å²) >= 11 is 3.31. The molecule has 0 atom stereocenters. The van der Waals surface area contributed by atoms with Gasteiger partial charge in [-0.3, -0.25) is 0 Å². The van der Waals surface area contributed by atoms with Crippen LogP contribution in [0.25, 0.3) is 0 Å². The van der Waals surface area contributed by atoms with Crippen molar-refractivity contribution in [2.24, 2.45) is 0 Å². The van der Waals surface area contributed by atoms with Crippen molar-refractivity contribution in [2.75, 3.05) is 5.33 Å². The molecule has 48 valence electrons. The number of hydrogen-bond donors (Lipinski definition) is 0. The average molecular weight is 177 g/mol. The van der Waals surface area contributed by atoms with E-state index in [0.717, 1.165) is 5.33 Å². The summed E-state index contributed by atoms with van der Waals surface area (Å²) in [6.07, 6.45) is 8.23. The predicted octanol–water partition coefficient (Wildman–Crippen LogP) is 3.13. The quantitative estimate of drug-likeness (QED) is 0.351. The lowest BCUT2D eigenvalue weighted by molar-refractivity contribution is 0.814. The number of hydrogen-bond acceptors (Lipinski definition) is 0. The van der Waals surface area contributed by atoms with Gasteiger partial charge in [-0.15, -0.1) is 0 Å². The molecule has 0 fully saturated rings. The van der Waals surface area contributed by atoms with Crippen LogP contribution in [0.5, 0.6) is 0 Å². The number of rotatable bonds is 4. The molecule has 1 heteroatoms. The monoisotopic (exact) mass is 176 g/mol. The predicted molar refractivity (Wildman–Crippen MR) is 42.5 cm³/mol. The van der Waals surface area contributed by atoms with E-state index in [0.29, 0.717) is 0 Å². The molecule has 0 spiro atoms. The zero-order valence-electron chi connectivity index (χ0n) is 5.36. The highest BCUT2D eigenvalue weighted by Crippen LogP contribution is 1.94. The molecule has 0 aromatic heterocycles. The van der Waals surface area contributed by atoms with Crippen molar-refractivity contribution in [3.8, 4) is 0 Å². The number of alkyl halides is 1. The number of unbranched alkanes of at least 4 members (excludes halogenated alkanes) is 2. The van der Waals surface area contributed by atoms with E-state index in [1.807, 2.05) is 0 Å². The molecular formula is C7H13Br. The topological polar surface area (TPSA) is 0 Å². The fourth-order valence-corrected chi connectivity index (χ4v) is 0.767. The van der Waals surface area contributed by atoms with Crippen molar-refractivity contribution in [1.82, 2.24) is 0 Å². The molecule has 0 aliphatic rings. The van der Waals surface area contributed by atoms with E-state index in [2.05, 4.69) is 35.0 Å². The number of allylic oxidation sites excluding steroid dienone is 2. The number of halogens is 1. The minimum absolute atomic E-state index is 0.997. The molecule has 0 aliphatic heterocycles. The molecule has 0 aliphatic carbocycles. The maximum absolute atomic E-state index is 3.31. The van der Waals surface area contributed by atoms with Crippen molar-refractivity contribution in [2.45, 2.75) is 26.2 Å². The maximum Gasteiger partial charge on any atom is 0.0212 e. The molecule has 0 N–H and O–H groups in total. The van der Waals surface area contributed by atoms with E-state index < -0.39 is 0 Å². The first kappa shape index (κ1) is 8.22. The second kappa shape index (κ2) is 7.22. The molecule has 0 unspecified atom stereocenters. The standard InChI is InChI=1S/C7H13Br/c1-2-3-4-5-6-7-8/h5-6H,2-4,7H2,1H3/b6-5-. The molecular weight excluding hydrogens is 164 g/mol.